The van der Waals surface area contributed by atoms with Gasteiger partial charge in [0.25, 0.3) is 0 Å². The molecule has 0 spiro atoms. The summed E-state index contributed by atoms with van der Waals surface area (Å²) in [5.74, 6) is 1.12. The average Bonchev–Trinajstić information content (AvgIpc) is 3.32. The third-order valence-corrected chi connectivity index (χ3v) is 7.92. The molecule has 1 amide bonds. The van der Waals surface area contributed by atoms with E-state index in [1.807, 2.05) is 31.2 Å². The number of ether oxygens (including phenoxy) is 1. The van der Waals surface area contributed by atoms with Gasteiger partial charge in [-0.25, -0.2) is 8.42 Å². The molecule has 1 saturated heterocycles. The lowest BCUT2D eigenvalue weighted by Crippen LogP contribution is -2.43. The van der Waals surface area contributed by atoms with Gasteiger partial charge in [0.1, 0.15) is 5.75 Å². The Labute approximate surface area is 199 Å². The fraction of sp³-hybridized carbons (Fsp3) is 0.375. The number of nitrogens with zero attached hydrogens (tertiary/aromatic N) is 4. The maximum absolute atomic E-state index is 13.0. The second kappa shape index (κ2) is 9.94. The maximum Gasteiger partial charge on any atom is 0.246 e. The molecular weight excluding hydrogens is 456 g/mol. The van der Waals surface area contributed by atoms with Crippen LogP contribution in [0.25, 0.3) is 11.4 Å². The first-order chi connectivity index (χ1) is 16.3. The molecule has 180 valence electrons. The number of rotatable bonds is 7. The molecule has 10 heteroatoms. The number of hydrogen-bond acceptors (Lipinski definition) is 7. The first-order valence-electron chi connectivity index (χ1n) is 11.1. The smallest absolute Gasteiger partial charge is 0.246 e. The average molecular weight is 485 g/mol. The minimum absolute atomic E-state index is 0.0616. The molecular formula is C24H28N4O5S. The van der Waals surface area contributed by atoms with E-state index in [1.54, 1.807) is 43.3 Å². The molecule has 1 aliphatic rings. The Morgan fingerprint density at radius 3 is 2.56 bits per heavy atom. The van der Waals surface area contributed by atoms with Crippen LogP contribution < -0.4 is 4.74 Å². The Hall–Kier alpha value is -3.24. The van der Waals surface area contributed by atoms with Crippen molar-refractivity contribution in [3.63, 3.8) is 0 Å². The highest BCUT2D eigenvalue weighted by atomic mass is 32.2. The lowest BCUT2D eigenvalue weighted by atomic mass is 9.97. The van der Waals surface area contributed by atoms with Crippen LogP contribution in [0.3, 0.4) is 0 Å². The summed E-state index contributed by atoms with van der Waals surface area (Å²) in [4.78, 5) is 19.2. The zero-order valence-corrected chi connectivity index (χ0v) is 20.3. The van der Waals surface area contributed by atoms with Crippen LogP contribution in [0.5, 0.6) is 5.75 Å². The molecule has 0 atom stereocenters. The number of piperidine rings is 1. The molecule has 34 heavy (non-hydrogen) atoms. The van der Waals surface area contributed by atoms with Gasteiger partial charge in [0.15, 0.2) is 0 Å². The van der Waals surface area contributed by atoms with Crippen molar-refractivity contribution < 1.29 is 22.5 Å². The van der Waals surface area contributed by atoms with Gasteiger partial charge in [0, 0.05) is 31.6 Å². The first-order valence-corrected chi connectivity index (χ1v) is 12.5. The van der Waals surface area contributed by atoms with Crippen molar-refractivity contribution in [2.75, 3.05) is 27.2 Å². The van der Waals surface area contributed by atoms with E-state index < -0.39 is 10.0 Å². The molecule has 0 unspecified atom stereocenters. The summed E-state index contributed by atoms with van der Waals surface area (Å²) >= 11 is 0. The van der Waals surface area contributed by atoms with Crippen molar-refractivity contribution in [1.29, 1.82) is 0 Å². The van der Waals surface area contributed by atoms with E-state index in [9.17, 15) is 13.2 Å². The van der Waals surface area contributed by atoms with Gasteiger partial charge in [-0.3, -0.25) is 4.79 Å². The molecule has 1 aliphatic heterocycles. The van der Waals surface area contributed by atoms with Crippen LogP contribution in [0.15, 0.2) is 57.9 Å². The number of carbonyl (C=O) groups is 1. The van der Waals surface area contributed by atoms with E-state index in [0.29, 0.717) is 43.4 Å². The summed E-state index contributed by atoms with van der Waals surface area (Å²) in [5, 5.41) is 4.00. The Morgan fingerprint density at radius 2 is 1.88 bits per heavy atom. The van der Waals surface area contributed by atoms with Crippen molar-refractivity contribution in [2.45, 2.75) is 31.2 Å². The molecule has 2 heterocycles. The van der Waals surface area contributed by atoms with Gasteiger partial charge in [-0.2, -0.15) is 9.29 Å². The summed E-state index contributed by atoms with van der Waals surface area (Å²) in [6, 6.07) is 14.1. The van der Waals surface area contributed by atoms with Crippen LogP contribution in [0.2, 0.25) is 0 Å². The number of methoxy groups -OCH3 is 1. The molecule has 4 rings (SSSR count). The molecule has 0 N–H and O–H groups in total. The predicted molar refractivity (Wildman–Crippen MR) is 125 cm³/mol. The third kappa shape index (κ3) is 5.13. The number of hydrogen-bond donors (Lipinski definition) is 0. The largest absolute Gasteiger partial charge is 0.497 e. The molecule has 1 aromatic heterocycles. The number of amides is 1. The number of sulfonamides is 1. The van der Waals surface area contributed by atoms with Gasteiger partial charge in [0.05, 0.1) is 18.6 Å². The molecule has 2 aromatic carbocycles. The summed E-state index contributed by atoms with van der Waals surface area (Å²) < 4.78 is 37.8. The van der Waals surface area contributed by atoms with Crippen molar-refractivity contribution >= 4 is 15.9 Å². The second-order valence-electron chi connectivity index (χ2n) is 8.43. The van der Waals surface area contributed by atoms with Crippen molar-refractivity contribution in [3.8, 4) is 17.1 Å². The highest BCUT2D eigenvalue weighted by Crippen LogP contribution is 2.26. The van der Waals surface area contributed by atoms with Crippen molar-refractivity contribution in [2.24, 2.45) is 5.92 Å². The Morgan fingerprint density at radius 1 is 1.18 bits per heavy atom. The van der Waals surface area contributed by atoms with Crippen molar-refractivity contribution in [1.82, 2.24) is 19.3 Å². The van der Waals surface area contributed by atoms with E-state index in [0.717, 1.165) is 11.1 Å². The normalized spacial score (nSPS) is 15.3. The fourth-order valence-corrected chi connectivity index (χ4v) is 5.46. The van der Waals surface area contributed by atoms with Gasteiger partial charge < -0.3 is 14.2 Å². The van der Waals surface area contributed by atoms with Crippen LogP contribution >= 0.6 is 0 Å². The first kappa shape index (κ1) is 23.9. The minimum atomic E-state index is -3.56. The van der Waals surface area contributed by atoms with E-state index >= 15 is 0 Å². The van der Waals surface area contributed by atoms with E-state index in [4.69, 9.17) is 9.26 Å². The number of carbonyl (C=O) groups excluding carboxylic acids is 1. The highest BCUT2D eigenvalue weighted by molar-refractivity contribution is 7.89. The number of benzene rings is 2. The monoisotopic (exact) mass is 484 g/mol. The molecule has 0 aliphatic carbocycles. The summed E-state index contributed by atoms with van der Waals surface area (Å²) in [7, 11) is -0.284. The lowest BCUT2D eigenvalue weighted by Gasteiger charge is -2.32. The van der Waals surface area contributed by atoms with Gasteiger partial charge in [-0.05, 0) is 44.0 Å². The molecule has 9 nitrogen and oxygen atoms in total. The van der Waals surface area contributed by atoms with E-state index in [2.05, 4.69) is 10.1 Å². The van der Waals surface area contributed by atoms with Crippen LogP contribution in [0.1, 0.15) is 24.3 Å². The molecule has 3 aromatic rings. The van der Waals surface area contributed by atoms with Gasteiger partial charge in [-0.1, -0.05) is 35.0 Å². The highest BCUT2D eigenvalue weighted by Gasteiger charge is 2.33. The molecule has 1 fully saturated rings. The standard InChI is InChI=1S/C24H28N4O5S/c1-17-7-9-21(10-8-17)34(30,31)28-13-11-18(12-14-28)24(29)27(2)16-22-25-23(26-33-22)19-5-4-6-20(15-19)32-3/h4-10,15,18H,11-14,16H2,1-3H3. The van der Waals surface area contributed by atoms with Gasteiger partial charge in [-0.15, -0.1) is 0 Å². The Bertz CT molecular complexity index is 1250. The van der Waals surface area contributed by atoms with E-state index in [-0.39, 0.29) is 23.3 Å². The predicted octanol–water partition coefficient (Wildman–Crippen LogP) is 3.11. The SMILES string of the molecule is COc1cccc(-c2noc(CN(C)C(=O)C3CCN(S(=O)(=O)c4ccc(C)cc4)CC3)n2)c1. The maximum atomic E-state index is 13.0. The van der Waals surface area contributed by atoms with Crippen LogP contribution in [0, 0.1) is 12.8 Å². The lowest BCUT2D eigenvalue weighted by molar-refractivity contribution is -0.136. The molecule has 0 bridgehead atoms. The van der Waals surface area contributed by atoms with E-state index in [1.165, 1.54) is 4.31 Å². The topological polar surface area (TPSA) is 106 Å². The Kier molecular flexibility index (Phi) is 6.99. The van der Waals surface area contributed by atoms with Gasteiger partial charge in [0.2, 0.25) is 27.6 Å². The van der Waals surface area contributed by atoms with Crippen molar-refractivity contribution in [3.05, 3.63) is 60.0 Å². The minimum Gasteiger partial charge on any atom is -0.497 e. The van der Waals surface area contributed by atoms with Crippen LogP contribution in [-0.4, -0.2) is 60.9 Å². The quantitative estimate of drug-likeness (QED) is 0.507. The third-order valence-electron chi connectivity index (χ3n) is 6.01. The second-order valence-corrected chi connectivity index (χ2v) is 10.4. The zero-order valence-electron chi connectivity index (χ0n) is 19.5. The van der Waals surface area contributed by atoms with Crippen LogP contribution in [0.4, 0.5) is 0 Å². The fourth-order valence-electron chi connectivity index (χ4n) is 3.99. The molecule has 0 radical (unpaired) electrons. The number of aryl methyl sites for hydroxylation is 1. The summed E-state index contributed by atoms with van der Waals surface area (Å²) in [6.45, 7) is 2.71. The zero-order chi connectivity index (χ0) is 24.3. The summed E-state index contributed by atoms with van der Waals surface area (Å²) in [5.41, 5.74) is 1.76. The van der Waals surface area contributed by atoms with Gasteiger partial charge >= 0.3 is 0 Å². The number of aromatic nitrogens is 2. The summed E-state index contributed by atoms with van der Waals surface area (Å²) in [6.07, 6.45) is 0.931. The molecule has 0 saturated carbocycles. The Balaban J connectivity index is 1.34. The van der Waals surface area contributed by atoms with Crippen LogP contribution in [-0.2, 0) is 21.4 Å².